The lowest BCUT2D eigenvalue weighted by Gasteiger charge is -2.10. The lowest BCUT2D eigenvalue weighted by atomic mass is 10.1. The van der Waals surface area contributed by atoms with Crippen LogP contribution in [0.2, 0.25) is 0 Å². The lowest BCUT2D eigenvalue weighted by molar-refractivity contribution is -0.122. The molecule has 7 heteroatoms. The van der Waals surface area contributed by atoms with Gasteiger partial charge in [0.1, 0.15) is 6.04 Å². The number of aromatic nitrogens is 2. The maximum absolute atomic E-state index is 11.7. The van der Waals surface area contributed by atoms with Crippen molar-refractivity contribution in [2.45, 2.75) is 13.0 Å². The van der Waals surface area contributed by atoms with E-state index in [9.17, 15) is 9.59 Å². The van der Waals surface area contributed by atoms with Crippen molar-refractivity contribution >= 4 is 17.6 Å². The zero-order chi connectivity index (χ0) is 14.7. The highest BCUT2D eigenvalue weighted by Crippen LogP contribution is 2.21. The summed E-state index contributed by atoms with van der Waals surface area (Å²) in [5.41, 5.74) is 13.0. The van der Waals surface area contributed by atoms with Gasteiger partial charge in [-0.1, -0.05) is 12.1 Å². The molecule has 2 rings (SSSR count). The molecule has 0 radical (unpaired) electrons. The average molecular weight is 273 g/mol. The summed E-state index contributed by atoms with van der Waals surface area (Å²) < 4.78 is 1.46. The molecular weight excluding hydrogens is 258 g/mol. The summed E-state index contributed by atoms with van der Waals surface area (Å²) in [6.45, 7) is 1.62. The van der Waals surface area contributed by atoms with Gasteiger partial charge in [0.2, 0.25) is 0 Å². The summed E-state index contributed by atoms with van der Waals surface area (Å²) in [5, 5.41) is 6.14. The second kappa shape index (κ2) is 5.43. The summed E-state index contributed by atoms with van der Waals surface area (Å²) in [7, 11) is 0. The van der Waals surface area contributed by atoms with Gasteiger partial charge in [-0.15, -0.1) is 0 Å². The van der Waals surface area contributed by atoms with E-state index in [4.69, 9.17) is 11.5 Å². The Labute approximate surface area is 115 Å². The third-order valence-electron chi connectivity index (χ3n) is 2.87. The molecule has 0 saturated carbocycles. The first kappa shape index (κ1) is 13.6. The number of carbonyl (C=O) groups excluding carboxylic acids is 2. The Morgan fingerprint density at radius 2 is 1.90 bits per heavy atom. The third kappa shape index (κ3) is 2.94. The van der Waals surface area contributed by atoms with E-state index in [2.05, 4.69) is 5.10 Å². The number of anilines is 1. The number of benzene rings is 1. The lowest BCUT2D eigenvalue weighted by Crippen LogP contribution is -2.39. The largest absolute Gasteiger partial charge is 0.399 e. The smallest absolute Gasteiger partial charge is 0.318 e. The SMILES string of the molecule is CC(C(=O)NC(N)=O)n1cc(-c2ccc(N)cc2)cn1. The standard InChI is InChI=1S/C13H15N5O2/c1-8(12(19)17-13(15)20)18-7-10(6-16-18)9-2-4-11(14)5-3-9/h2-8H,14H2,1H3,(H3,15,17,19,20). The molecule has 1 unspecified atom stereocenters. The van der Waals surface area contributed by atoms with Crippen LogP contribution in [0.1, 0.15) is 13.0 Å². The topological polar surface area (TPSA) is 116 Å². The normalized spacial score (nSPS) is 11.8. The number of urea groups is 1. The van der Waals surface area contributed by atoms with Crippen LogP contribution < -0.4 is 16.8 Å². The van der Waals surface area contributed by atoms with Crippen LogP contribution in [-0.4, -0.2) is 21.7 Å². The van der Waals surface area contributed by atoms with Gasteiger partial charge in [-0.3, -0.25) is 14.8 Å². The molecule has 2 aromatic rings. The van der Waals surface area contributed by atoms with Crippen LogP contribution >= 0.6 is 0 Å². The quantitative estimate of drug-likeness (QED) is 0.720. The fourth-order valence-electron chi connectivity index (χ4n) is 1.72. The van der Waals surface area contributed by atoms with Crippen molar-refractivity contribution in [1.82, 2.24) is 15.1 Å². The van der Waals surface area contributed by atoms with E-state index in [0.29, 0.717) is 5.69 Å². The fraction of sp³-hybridized carbons (Fsp3) is 0.154. The molecule has 1 aromatic heterocycles. The minimum Gasteiger partial charge on any atom is -0.399 e. The maximum Gasteiger partial charge on any atom is 0.318 e. The second-order valence-electron chi connectivity index (χ2n) is 4.36. The van der Waals surface area contributed by atoms with Crippen molar-refractivity contribution in [2.75, 3.05) is 5.73 Å². The summed E-state index contributed by atoms with van der Waals surface area (Å²) in [4.78, 5) is 22.3. The highest BCUT2D eigenvalue weighted by atomic mass is 16.2. The minimum atomic E-state index is -0.882. The number of nitrogen functional groups attached to an aromatic ring is 1. The molecule has 20 heavy (non-hydrogen) atoms. The monoisotopic (exact) mass is 273 g/mol. The van der Waals surface area contributed by atoms with Crippen molar-refractivity contribution in [3.05, 3.63) is 36.7 Å². The summed E-state index contributed by atoms with van der Waals surface area (Å²) >= 11 is 0. The Hall–Kier alpha value is -2.83. The van der Waals surface area contributed by atoms with Gasteiger partial charge in [0, 0.05) is 17.4 Å². The van der Waals surface area contributed by atoms with Crippen molar-refractivity contribution in [3.8, 4) is 11.1 Å². The zero-order valence-electron chi connectivity index (χ0n) is 10.9. The molecule has 1 heterocycles. The molecule has 104 valence electrons. The Morgan fingerprint density at radius 3 is 2.50 bits per heavy atom. The number of imide groups is 1. The van der Waals surface area contributed by atoms with Crippen molar-refractivity contribution in [3.63, 3.8) is 0 Å². The molecule has 0 aliphatic carbocycles. The first-order valence-electron chi connectivity index (χ1n) is 5.97. The number of rotatable bonds is 3. The van der Waals surface area contributed by atoms with Gasteiger partial charge in [-0.05, 0) is 24.6 Å². The minimum absolute atomic E-state index is 0.510. The molecule has 0 bridgehead atoms. The number of hydrogen-bond acceptors (Lipinski definition) is 4. The number of amides is 3. The first-order valence-corrected chi connectivity index (χ1v) is 5.97. The maximum atomic E-state index is 11.7. The second-order valence-corrected chi connectivity index (χ2v) is 4.36. The van der Waals surface area contributed by atoms with Gasteiger partial charge < -0.3 is 11.5 Å². The highest BCUT2D eigenvalue weighted by molar-refractivity contribution is 5.95. The molecule has 1 aromatic carbocycles. The van der Waals surface area contributed by atoms with Gasteiger partial charge >= 0.3 is 6.03 Å². The van der Waals surface area contributed by atoms with E-state index in [1.165, 1.54) is 4.68 Å². The van der Waals surface area contributed by atoms with Gasteiger partial charge in [-0.2, -0.15) is 5.10 Å². The van der Waals surface area contributed by atoms with Gasteiger partial charge in [0.15, 0.2) is 0 Å². The van der Waals surface area contributed by atoms with Gasteiger partial charge in [0.05, 0.1) is 6.20 Å². The predicted octanol–water partition coefficient (Wildman–Crippen LogP) is 0.888. The van der Waals surface area contributed by atoms with Crippen molar-refractivity contribution < 1.29 is 9.59 Å². The number of hydrogen-bond donors (Lipinski definition) is 3. The number of primary amides is 1. The Morgan fingerprint density at radius 1 is 1.25 bits per heavy atom. The Kier molecular flexibility index (Phi) is 3.69. The average Bonchev–Trinajstić information content (AvgIpc) is 2.87. The summed E-state index contributed by atoms with van der Waals surface area (Å²) in [6.07, 6.45) is 3.36. The van der Waals surface area contributed by atoms with E-state index in [1.807, 2.05) is 17.4 Å². The predicted molar refractivity (Wildman–Crippen MR) is 74.5 cm³/mol. The van der Waals surface area contributed by atoms with Crippen molar-refractivity contribution in [1.29, 1.82) is 0 Å². The van der Waals surface area contributed by atoms with Crippen LogP contribution in [0.5, 0.6) is 0 Å². The van der Waals surface area contributed by atoms with Crippen LogP contribution in [-0.2, 0) is 4.79 Å². The fourth-order valence-corrected chi connectivity index (χ4v) is 1.72. The summed E-state index contributed by atoms with van der Waals surface area (Å²) in [5.74, 6) is -0.510. The number of nitrogens with one attached hydrogen (secondary N) is 1. The van der Waals surface area contributed by atoms with Crippen LogP contribution in [0, 0.1) is 0 Å². The zero-order valence-corrected chi connectivity index (χ0v) is 10.9. The van der Waals surface area contributed by atoms with E-state index in [1.54, 1.807) is 31.5 Å². The van der Waals surface area contributed by atoms with Crippen LogP contribution in [0.4, 0.5) is 10.5 Å². The Bertz CT molecular complexity index is 632. The van der Waals surface area contributed by atoms with E-state index >= 15 is 0 Å². The first-order chi connectivity index (χ1) is 9.47. The summed E-state index contributed by atoms with van der Waals surface area (Å²) in [6, 6.07) is 5.79. The molecule has 5 N–H and O–H groups in total. The number of carbonyl (C=O) groups is 2. The Balaban J connectivity index is 2.18. The van der Waals surface area contributed by atoms with Gasteiger partial charge in [-0.25, -0.2) is 4.79 Å². The third-order valence-corrected chi connectivity index (χ3v) is 2.87. The molecule has 1 atom stereocenters. The van der Waals surface area contributed by atoms with Crippen molar-refractivity contribution in [2.24, 2.45) is 5.73 Å². The van der Waals surface area contributed by atoms with E-state index in [0.717, 1.165) is 11.1 Å². The molecule has 7 nitrogen and oxygen atoms in total. The molecule has 0 aliphatic rings. The molecule has 0 fully saturated rings. The molecule has 0 saturated heterocycles. The van der Waals surface area contributed by atoms with E-state index in [-0.39, 0.29) is 0 Å². The van der Waals surface area contributed by atoms with Crippen LogP contribution in [0.15, 0.2) is 36.7 Å². The van der Waals surface area contributed by atoms with Crippen LogP contribution in [0.3, 0.4) is 0 Å². The molecule has 3 amide bonds. The molecule has 0 spiro atoms. The van der Waals surface area contributed by atoms with Crippen LogP contribution in [0.25, 0.3) is 11.1 Å². The van der Waals surface area contributed by atoms with E-state index < -0.39 is 18.0 Å². The van der Waals surface area contributed by atoms with Gasteiger partial charge in [0.25, 0.3) is 5.91 Å². The molecule has 0 aliphatic heterocycles. The number of nitrogens with two attached hydrogens (primary N) is 2. The highest BCUT2D eigenvalue weighted by Gasteiger charge is 2.17. The number of nitrogens with zero attached hydrogens (tertiary/aromatic N) is 2. The molecular formula is C13H15N5O2.